The molecule has 8 nitrogen and oxygen atoms in total. The maximum atomic E-state index is 13.1. The first-order chi connectivity index (χ1) is 15.4. The summed E-state index contributed by atoms with van der Waals surface area (Å²) in [5, 5.41) is 3.07. The van der Waals surface area contributed by atoms with Gasteiger partial charge in [0.25, 0.3) is 0 Å². The Balaban J connectivity index is 1.35. The van der Waals surface area contributed by atoms with Crippen LogP contribution in [0.2, 0.25) is 0 Å². The Morgan fingerprint density at radius 1 is 1.09 bits per heavy atom. The van der Waals surface area contributed by atoms with Gasteiger partial charge in [0.15, 0.2) is 0 Å². The van der Waals surface area contributed by atoms with E-state index in [2.05, 4.69) is 15.2 Å². The van der Waals surface area contributed by atoms with Gasteiger partial charge < -0.3 is 15.1 Å². The monoisotopic (exact) mass is 455 g/mol. The van der Waals surface area contributed by atoms with Crippen molar-refractivity contribution in [1.29, 1.82) is 0 Å². The Bertz CT molecular complexity index is 1090. The minimum absolute atomic E-state index is 0.0472. The quantitative estimate of drug-likeness (QED) is 0.718. The molecular weight excluding hydrogens is 426 g/mol. The molecule has 0 bridgehead atoms. The van der Waals surface area contributed by atoms with Crippen LogP contribution in [0, 0.1) is 5.92 Å². The number of hydrogen-bond donors (Lipinski definition) is 1. The Morgan fingerprint density at radius 3 is 2.41 bits per heavy atom. The van der Waals surface area contributed by atoms with Crippen molar-refractivity contribution in [1.82, 2.24) is 14.2 Å². The summed E-state index contributed by atoms with van der Waals surface area (Å²) in [4.78, 5) is 21.3. The molecule has 9 heteroatoms. The van der Waals surface area contributed by atoms with Crippen LogP contribution in [0.4, 0.5) is 11.4 Å². The van der Waals surface area contributed by atoms with Crippen molar-refractivity contribution in [2.45, 2.75) is 11.8 Å². The van der Waals surface area contributed by atoms with E-state index in [1.54, 1.807) is 37.6 Å². The van der Waals surface area contributed by atoms with E-state index >= 15 is 0 Å². The normalized spacial score (nSPS) is 18.1. The highest BCUT2D eigenvalue weighted by Gasteiger charge is 2.42. The third-order valence-electron chi connectivity index (χ3n) is 6.09. The Hall–Kier alpha value is -2.91. The molecule has 1 N–H and O–H groups in total. The first-order valence-corrected chi connectivity index (χ1v) is 12.3. The molecule has 0 unspecified atom stereocenters. The summed E-state index contributed by atoms with van der Waals surface area (Å²) < 4.78 is 27.5. The van der Waals surface area contributed by atoms with Gasteiger partial charge in [0.05, 0.1) is 10.8 Å². The van der Waals surface area contributed by atoms with Crippen LogP contribution in [0.5, 0.6) is 0 Å². The minimum atomic E-state index is -3.62. The molecule has 0 aliphatic carbocycles. The van der Waals surface area contributed by atoms with E-state index in [1.807, 2.05) is 36.1 Å². The number of benzene rings is 1. The Morgan fingerprint density at radius 2 is 1.78 bits per heavy atom. The van der Waals surface area contributed by atoms with Crippen molar-refractivity contribution in [3.8, 4) is 0 Å². The van der Waals surface area contributed by atoms with E-state index in [4.69, 9.17) is 0 Å². The average Bonchev–Trinajstić information content (AvgIpc) is 2.78. The third-order valence-corrected chi connectivity index (χ3v) is 7.92. The van der Waals surface area contributed by atoms with Crippen molar-refractivity contribution in [2.24, 2.45) is 5.92 Å². The van der Waals surface area contributed by atoms with Crippen molar-refractivity contribution < 1.29 is 13.2 Å². The molecule has 0 saturated carbocycles. The van der Waals surface area contributed by atoms with E-state index in [0.717, 1.165) is 30.0 Å². The van der Waals surface area contributed by atoms with Gasteiger partial charge in [-0.1, -0.05) is 12.2 Å². The van der Waals surface area contributed by atoms with Crippen LogP contribution in [0.1, 0.15) is 12.5 Å². The third kappa shape index (κ3) is 4.35. The van der Waals surface area contributed by atoms with E-state index in [1.165, 1.54) is 4.31 Å². The topological polar surface area (TPSA) is 85.9 Å². The van der Waals surface area contributed by atoms with Crippen LogP contribution in [-0.4, -0.2) is 74.8 Å². The summed E-state index contributed by atoms with van der Waals surface area (Å²) >= 11 is 0. The smallest absolute Gasteiger partial charge is 0.243 e. The molecule has 0 spiro atoms. The maximum Gasteiger partial charge on any atom is 0.243 e. The lowest BCUT2D eigenvalue weighted by Crippen LogP contribution is -2.59. The fraction of sp³-hybridized carbons (Fsp3) is 0.391. The van der Waals surface area contributed by atoms with E-state index in [-0.39, 0.29) is 29.8 Å². The molecule has 2 aliphatic rings. The maximum absolute atomic E-state index is 13.1. The molecule has 2 aromatic rings. The number of pyridine rings is 1. The number of nitrogens with one attached hydrogen (secondary N) is 1. The zero-order valence-electron chi connectivity index (χ0n) is 18.4. The molecule has 2 fully saturated rings. The lowest BCUT2D eigenvalue weighted by atomic mass is 10.0. The predicted octanol–water partition coefficient (Wildman–Crippen LogP) is 2.13. The van der Waals surface area contributed by atoms with Crippen LogP contribution in [-0.2, 0) is 14.8 Å². The summed E-state index contributed by atoms with van der Waals surface area (Å²) in [5.41, 5.74) is 2.79. The SMILES string of the molecule is C/C=C\c1cc(S(=O)(=O)N2CC(C(=O)N3CCN(c4ccncc4)CC3)C2)ccc1NC. The van der Waals surface area contributed by atoms with Crippen molar-refractivity contribution >= 4 is 33.4 Å². The molecule has 1 aromatic carbocycles. The number of nitrogens with zero attached hydrogens (tertiary/aromatic N) is 4. The van der Waals surface area contributed by atoms with Gasteiger partial charge in [-0.25, -0.2) is 8.42 Å². The first-order valence-electron chi connectivity index (χ1n) is 10.8. The number of carbonyl (C=O) groups excluding carboxylic acids is 1. The number of allylic oxidation sites excluding steroid dienone is 1. The number of amides is 1. The summed E-state index contributed by atoms with van der Waals surface area (Å²) in [6.07, 6.45) is 7.28. The van der Waals surface area contributed by atoms with Gasteiger partial charge in [-0.2, -0.15) is 4.31 Å². The zero-order valence-corrected chi connectivity index (χ0v) is 19.3. The molecule has 170 valence electrons. The second kappa shape index (κ2) is 9.30. The van der Waals surface area contributed by atoms with Gasteiger partial charge in [-0.15, -0.1) is 0 Å². The number of anilines is 2. The van der Waals surface area contributed by atoms with Crippen molar-refractivity contribution in [2.75, 3.05) is 56.5 Å². The van der Waals surface area contributed by atoms with Crippen LogP contribution >= 0.6 is 0 Å². The first kappa shape index (κ1) is 22.3. The molecule has 1 amide bonds. The molecule has 3 heterocycles. The van der Waals surface area contributed by atoms with Crippen molar-refractivity contribution in [3.63, 3.8) is 0 Å². The Kier molecular flexibility index (Phi) is 6.48. The number of rotatable bonds is 6. The summed E-state index contributed by atoms with van der Waals surface area (Å²) in [5.74, 6) is -0.227. The number of piperazine rings is 1. The van der Waals surface area contributed by atoms with Gasteiger partial charge in [0.2, 0.25) is 15.9 Å². The Labute approximate surface area is 189 Å². The van der Waals surface area contributed by atoms with Gasteiger partial charge in [0.1, 0.15) is 0 Å². The fourth-order valence-electron chi connectivity index (χ4n) is 4.18. The van der Waals surface area contributed by atoms with Crippen molar-refractivity contribution in [3.05, 3.63) is 54.4 Å². The van der Waals surface area contributed by atoms with Gasteiger partial charge in [-0.3, -0.25) is 9.78 Å². The number of aromatic nitrogens is 1. The number of sulfonamides is 1. The van der Waals surface area contributed by atoms with Gasteiger partial charge >= 0.3 is 0 Å². The van der Waals surface area contributed by atoms with Crippen LogP contribution in [0.25, 0.3) is 6.08 Å². The molecule has 2 aliphatic heterocycles. The molecule has 0 radical (unpaired) electrons. The highest BCUT2D eigenvalue weighted by Crippen LogP contribution is 2.29. The van der Waals surface area contributed by atoms with E-state index in [9.17, 15) is 13.2 Å². The van der Waals surface area contributed by atoms with Crippen LogP contribution in [0.3, 0.4) is 0 Å². The second-order valence-corrected chi connectivity index (χ2v) is 9.97. The molecule has 1 aromatic heterocycles. The van der Waals surface area contributed by atoms with Crippen LogP contribution < -0.4 is 10.2 Å². The predicted molar refractivity (Wildman–Crippen MR) is 126 cm³/mol. The molecule has 32 heavy (non-hydrogen) atoms. The van der Waals surface area contributed by atoms with Gasteiger partial charge in [-0.05, 0) is 42.8 Å². The fourth-order valence-corrected chi connectivity index (χ4v) is 5.75. The number of carbonyl (C=O) groups is 1. The van der Waals surface area contributed by atoms with E-state index < -0.39 is 10.0 Å². The highest BCUT2D eigenvalue weighted by molar-refractivity contribution is 7.89. The highest BCUT2D eigenvalue weighted by atomic mass is 32.2. The largest absolute Gasteiger partial charge is 0.388 e. The number of hydrogen-bond acceptors (Lipinski definition) is 6. The second-order valence-electron chi connectivity index (χ2n) is 8.04. The summed E-state index contributed by atoms with van der Waals surface area (Å²) in [7, 11) is -1.82. The molecule has 4 rings (SSSR count). The van der Waals surface area contributed by atoms with E-state index in [0.29, 0.717) is 13.1 Å². The summed E-state index contributed by atoms with van der Waals surface area (Å²) in [6, 6.07) is 9.00. The molecule has 2 saturated heterocycles. The van der Waals surface area contributed by atoms with Gasteiger partial charge in [0, 0.05) is 70.1 Å². The average molecular weight is 456 g/mol. The molecule has 0 atom stereocenters. The lowest BCUT2D eigenvalue weighted by molar-refractivity contribution is -0.139. The summed E-state index contributed by atoms with van der Waals surface area (Å²) in [6.45, 7) is 5.16. The minimum Gasteiger partial charge on any atom is -0.388 e. The standard InChI is InChI=1S/C23H29N5O3S/c1-3-4-18-15-21(5-6-22(18)24-2)32(30,31)28-16-19(17-28)23(29)27-13-11-26(12-14-27)20-7-9-25-10-8-20/h3-10,15,19,24H,11-14,16-17H2,1-2H3/b4-3-. The molecular formula is C23H29N5O3S. The lowest BCUT2D eigenvalue weighted by Gasteiger charge is -2.42. The zero-order chi connectivity index (χ0) is 22.7. The van der Waals surface area contributed by atoms with Crippen LogP contribution in [0.15, 0.2) is 53.7 Å².